The van der Waals surface area contributed by atoms with Crippen LogP contribution in [0.1, 0.15) is 27.3 Å². The standard InChI is InChI=1S/C25H24N6O3S2/c1-14-11-36-24-20(14)22(32)30-21(31-24)23(33)28-10-16-3-2-4-18(9-16)17-7-5-15(6-8-17)12-35-13-19(26)29-25(27)34/h2-9,11H,10,12-13H2,1H3,(H,28,33)(H,30,31,32)(H4,26,27,29,34). The number of aliphatic imine (C=N–C) groups is 1. The molecule has 0 aliphatic rings. The van der Waals surface area contributed by atoms with Crippen molar-refractivity contribution in [3.63, 3.8) is 0 Å². The Bertz CT molecular complexity index is 1510. The van der Waals surface area contributed by atoms with E-state index in [2.05, 4.69) is 20.3 Å². The molecule has 0 saturated carbocycles. The van der Waals surface area contributed by atoms with E-state index in [9.17, 15) is 14.4 Å². The minimum Gasteiger partial charge on any atom is -0.386 e. The largest absolute Gasteiger partial charge is 0.386 e. The Morgan fingerprint density at radius 2 is 1.89 bits per heavy atom. The van der Waals surface area contributed by atoms with Gasteiger partial charge in [-0.3, -0.25) is 9.59 Å². The van der Waals surface area contributed by atoms with Gasteiger partial charge in [0.25, 0.3) is 11.5 Å². The molecule has 2 heterocycles. The second-order valence-corrected chi connectivity index (χ2v) is 9.87. The van der Waals surface area contributed by atoms with Gasteiger partial charge >= 0.3 is 6.03 Å². The summed E-state index contributed by atoms with van der Waals surface area (Å²) in [7, 11) is 0. The monoisotopic (exact) mass is 520 g/mol. The number of nitrogens with two attached hydrogens (primary N) is 2. The lowest BCUT2D eigenvalue weighted by molar-refractivity contribution is 0.0940. The molecule has 4 rings (SSSR count). The smallest absolute Gasteiger partial charge is 0.340 e. The van der Waals surface area contributed by atoms with Crippen LogP contribution in [0.3, 0.4) is 0 Å². The van der Waals surface area contributed by atoms with Gasteiger partial charge in [-0.1, -0.05) is 42.5 Å². The first-order valence-corrected chi connectivity index (χ1v) is 13.0. The highest BCUT2D eigenvalue weighted by Crippen LogP contribution is 2.23. The quantitative estimate of drug-likeness (QED) is 0.206. The normalized spacial score (nSPS) is 11.5. The van der Waals surface area contributed by atoms with Gasteiger partial charge < -0.3 is 21.8 Å². The number of fused-ring (bicyclic) bond motifs is 1. The molecule has 9 nitrogen and oxygen atoms in total. The summed E-state index contributed by atoms with van der Waals surface area (Å²) in [6.45, 7) is 2.14. The van der Waals surface area contributed by atoms with Crippen LogP contribution >= 0.6 is 23.1 Å². The fourth-order valence-corrected chi connectivity index (χ4v) is 5.29. The van der Waals surface area contributed by atoms with Gasteiger partial charge in [0.15, 0.2) is 0 Å². The minimum atomic E-state index is -0.791. The second kappa shape index (κ2) is 11.2. The van der Waals surface area contributed by atoms with Gasteiger partial charge in [-0.2, -0.15) is 4.99 Å². The van der Waals surface area contributed by atoms with Crippen LogP contribution in [0.4, 0.5) is 4.79 Å². The molecule has 184 valence electrons. The number of rotatable bonds is 8. The SMILES string of the molecule is Cc1csc2nc(C(=O)NCc3cccc(-c4ccc(CSC/C(N)=N/C(N)=O)cc4)c3)[nH]c(=O)c12. The number of aromatic amines is 1. The van der Waals surface area contributed by atoms with E-state index in [0.29, 0.717) is 28.3 Å². The molecule has 11 heteroatoms. The second-order valence-electron chi connectivity index (χ2n) is 8.03. The van der Waals surface area contributed by atoms with Crippen molar-refractivity contribution in [2.75, 3.05) is 5.75 Å². The summed E-state index contributed by atoms with van der Waals surface area (Å²) in [5, 5.41) is 5.20. The minimum absolute atomic E-state index is 0.00150. The maximum absolute atomic E-state index is 12.6. The van der Waals surface area contributed by atoms with E-state index in [1.54, 1.807) is 11.8 Å². The van der Waals surface area contributed by atoms with Gasteiger partial charge in [-0.15, -0.1) is 23.1 Å². The van der Waals surface area contributed by atoms with E-state index in [0.717, 1.165) is 27.8 Å². The van der Waals surface area contributed by atoms with Crippen molar-refractivity contribution in [3.05, 3.63) is 86.8 Å². The number of nitrogens with one attached hydrogen (secondary N) is 2. The number of thioether (sulfide) groups is 1. The predicted molar refractivity (Wildman–Crippen MR) is 145 cm³/mol. The van der Waals surface area contributed by atoms with E-state index in [-0.39, 0.29) is 17.2 Å². The number of urea groups is 1. The van der Waals surface area contributed by atoms with E-state index in [1.807, 2.05) is 60.8 Å². The molecule has 0 radical (unpaired) electrons. The van der Waals surface area contributed by atoms with Crippen LogP contribution in [0.2, 0.25) is 0 Å². The molecular weight excluding hydrogens is 496 g/mol. The zero-order valence-corrected chi connectivity index (χ0v) is 21.0. The number of primary amides is 1. The Morgan fingerprint density at radius 3 is 2.64 bits per heavy atom. The first kappa shape index (κ1) is 25.1. The van der Waals surface area contributed by atoms with E-state index in [4.69, 9.17) is 11.5 Å². The third kappa shape index (κ3) is 6.18. The Labute approximate surface area is 215 Å². The number of amidine groups is 1. The average molecular weight is 521 g/mol. The van der Waals surface area contributed by atoms with Gasteiger partial charge in [0.2, 0.25) is 5.82 Å². The number of nitrogens with zero attached hydrogens (tertiary/aromatic N) is 2. The molecule has 6 N–H and O–H groups in total. The molecular formula is C25H24N6O3S2. The van der Waals surface area contributed by atoms with Crippen molar-refractivity contribution < 1.29 is 9.59 Å². The zero-order chi connectivity index (χ0) is 25.7. The zero-order valence-electron chi connectivity index (χ0n) is 19.4. The molecule has 0 aliphatic heterocycles. The van der Waals surface area contributed by atoms with Crippen LogP contribution in [-0.4, -0.2) is 33.5 Å². The van der Waals surface area contributed by atoms with Crippen molar-refractivity contribution in [1.82, 2.24) is 15.3 Å². The van der Waals surface area contributed by atoms with Crippen molar-refractivity contribution in [3.8, 4) is 11.1 Å². The highest BCUT2D eigenvalue weighted by Gasteiger charge is 2.14. The Hall–Kier alpha value is -3.96. The van der Waals surface area contributed by atoms with E-state index >= 15 is 0 Å². The molecule has 0 saturated heterocycles. The van der Waals surface area contributed by atoms with Gasteiger partial charge in [-0.25, -0.2) is 9.78 Å². The fourth-order valence-electron chi connectivity index (χ4n) is 3.56. The lowest BCUT2D eigenvalue weighted by Gasteiger charge is -2.08. The summed E-state index contributed by atoms with van der Waals surface area (Å²) in [6, 6.07) is 15.2. The first-order chi connectivity index (χ1) is 17.3. The van der Waals surface area contributed by atoms with Crippen LogP contribution in [0, 0.1) is 6.92 Å². The number of aryl methyl sites for hydroxylation is 1. The Kier molecular flexibility index (Phi) is 7.81. The maximum Gasteiger partial charge on any atom is 0.340 e. The number of H-pyrrole nitrogens is 1. The molecule has 0 fully saturated rings. The molecule has 3 amide bonds. The van der Waals surface area contributed by atoms with Gasteiger partial charge in [-0.05, 0) is 46.2 Å². The lowest BCUT2D eigenvalue weighted by atomic mass is 10.0. The molecule has 2 aromatic carbocycles. The summed E-state index contributed by atoms with van der Waals surface area (Å²) in [5.74, 6) is 0.907. The maximum atomic E-state index is 12.6. The first-order valence-electron chi connectivity index (χ1n) is 10.9. The van der Waals surface area contributed by atoms with Crippen LogP contribution in [0.15, 0.2) is 63.7 Å². The highest BCUT2D eigenvalue weighted by atomic mass is 32.2. The topological polar surface area (TPSA) is 156 Å². The number of aromatic nitrogens is 2. The molecule has 0 unspecified atom stereocenters. The number of carbonyl (C=O) groups is 2. The fraction of sp³-hybridized carbons (Fsp3) is 0.160. The summed E-state index contributed by atoms with van der Waals surface area (Å²) < 4.78 is 0. The third-order valence-electron chi connectivity index (χ3n) is 5.28. The molecule has 4 aromatic rings. The third-order valence-corrected chi connectivity index (χ3v) is 7.31. The Balaban J connectivity index is 1.37. The number of benzene rings is 2. The molecule has 0 aliphatic carbocycles. The summed E-state index contributed by atoms with van der Waals surface area (Å²) in [5.41, 5.74) is 15.2. The Morgan fingerprint density at radius 1 is 1.11 bits per heavy atom. The van der Waals surface area contributed by atoms with Crippen LogP contribution in [0.5, 0.6) is 0 Å². The van der Waals surface area contributed by atoms with Crippen LogP contribution < -0.4 is 22.3 Å². The van der Waals surface area contributed by atoms with Crippen molar-refractivity contribution >= 4 is 51.1 Å². The number of carbonyl (C=O) groups excluding carboxylic acids is 2. The van der Waals surface area contributed by atoms with Crippen molar-refractivity contribution in [2.45, 2.75) is 19.2 Å². The van der Waals surface area contributed by atoms with Gasteiger partial charge in [0, 0.05) is 12.3 Å². The van der Waals surface area contributed by atoms with Gasteiger partial charge in [0.1, 0.15) is 10.7 Å². The summed E-state index contributed by atoms with van der Waals surface area (Å²) in [4.78, 5) is 46.6. The van der Waals surface area contributed by atoms with Gasteiger partial charge in [0.05, 0.1) is 11.1 Å². The average Bonchev–Trinajstić information content (AvgIpc) is 3.23. The van der Waals surface area contributed by atoms with Crippen LogP contribution in [-0.2, 0) is 12.3 Å². The molecule has 0 atom stereocenters. The number of amides is 3. The predicted octanol–water partition coefficient (Wildman–Crippen LogP) is 3.56. The summed E-state index contributed by atoms with van der Waals surface area (Å²) in [6.07, 6.45) is 0. The van der Waals surface area contributed by atoms with E-state index < -0.39 is 11.9 Å². The van der Waals surface area contributed by atoms with Crippen molar-refractivity contribution in [1.29, 1.82) is 0 Å². The summed E-state index contributed by atoms with van der Waals surface area (Å²) >= 11 is 2.88. The van der Waals surface area contributed by atoms with Crippen molar-refractivity contribution in [2.24, 2.45) is 16.5 Å². The number of hydrogen-bond acceptors (Lipinski definition) is 6. The van der Waals surface area contributed by atoms with Crippen LogP contribution in [0.25, 0.3) is 21.3 Å². The highest BCUT2D eigenvalue weighted by molar-refractivity contribution is 7.99. The molecule has 0 bridgehead atoms. The number of hydrogen-bond donors (Lipinski definition) is 4. The molecule has 2 aromatic heterocycles. The molecule has 0 spiro atoms. The van der Waals surface area contributed by atoms with E-state index in [1.165, 1.54) is 11.3 Å². The molecule has 36 heavy (non-hydrogen) atoms. The number of thiophene rings is 1. The lowest BCUT2D eigenvalue weighted by Crippen LogP contribution is -2.27.